The van der Waals surface area contributed by atoms with Gasteiger partial charge < -0.3 is 0 Å². The predicted molar refractivity (Wildman–Crippen MR) is 84.7 cm³/mol. The molecule has 5 nitrogen and oxygen atoms in total. The molecule has 114 valence electrons. The van der Waals surface area contributed by atoms with Gasteiger partial charge >= 0.3 is 0 Å². The standard InChI is InChI=1S/C16H16N2O3S/c1-11-7-9-14(22-11)13(19)8-10-15(20)17-18-16(21)12-5-3-2-4-6-12/h2-7,9H,8,10H2,1H3,(H,17,20)(H,18,21). The number of thiophene rings is 1. The molecule has 0 spiro atoms. The van der Waals surface area contributed by atoms with Gasteiger partial charge in [0.25, 0.3) is 5.91 Å². The van der Waals surface area contributed by atoms with Gasteiger partial charge in [0.15, 0.2) is 5.78 Å². The molecule has 0 saturated carbocycles. The number of hydrogen-bond donors (Lipinski definition) is 2. The van der Waals surface area contributed by atoms with E-state index in [2.05, 4.69) is 10.9 Å². The fourth-order valence-corrected chi connectivity index (χ4v) is 2.62. The number of rotatable bonds is 5. The van der Waals surface area contributed by atoms with Crippen molar-refractivity contribution in [3.8, 4) is 0 Å². The van der Waals surface area contributed by atoms with Gasteiger partial charge in [0.05, 0.1) is 4.88 Å². The highest BCUT2D eigenvalue weighted by molar-refractivity contribution is 7.14. The number of ketones is 1. The van der Waals surface area contributed by atoms with E-state index in [0.717, 1.165) is 4.88 Å². The van der Waals surface area contributed by atoms with Crippen LogP contribution in [0.25, 0.3) is 0 Å². The summed E-state index contributed by atoms with van der Waals surface area (Å²) in [4.78, 5) is 36.9. The molecule has 0 saturated heterocycles. The zero-order valence-electron chi connectivity index (χ0n) is 12.1. The number of hydrazine groups is 1. The predicted octanol–water partition coefficient (Wildman–Crippen LogP) is 2.48. The van der Waals surface area contributed by atoms with Crippen molar-refractivity contribution >= 4 is 28.9 Å². The maximum atomic E-state index is 11.9. The Kier molecular flexibility index (Phi) is 5.43. The average Bonchev–Trinajstić information content (AvgIpc) is 2.97. The van der Waals surface area contributed by atoms with Crippen LogP contribution >= 0.6 is 11.3 Å². The summed E-state index contributed by atoms with van der Waals surface area (Å²) in [5.41, 5.74) is 5.08. The van der Waals surface area contributed by atoms with Crippen molar-refractivity contribution in [2.24, 2.45) is 0 Å². The number of carbonyl (C=O) groups is 3. The minimum absolute atomic E-state index is 0.0326. The fourth-order valence-electron chi connectivity index (χ4n) is 1.79. The third kappa shape index (κ3) is 4.53. The van der Waals surface area contributed by atoms with Crippen molar-refractivity contribution in [2.45, 2.75) is 19.8 Å². The summed E-state index contributed by atoms with van der Waals surface area (Å²) in [6, 6.07) is 12.2. The smallest absolute Gasteiger partial charge is 0.269 e. The summed E-state index contributed by atoms with van der Waals surface area (Å²) in [7, 11) is 0. The quantitative estimate of drug-likeness (QED) is 0.657. The van der Waals surface area contributed by atoms with E-state index in [1.807, 2.05) is 13.0 Å². The van der Waals surface area contributed by atoms with E-state index in [9.17, 15) is 14.4 Å². The highest BCUT2D eigenvalue weighted by Crippen LogP contribution is 2.17. The number of carbonyl (C=O) groups excluding carboxylic acids is 3. The summed E-state index contributed by atoms with van der Waals surface area (Å²) in [6.45, 7) is 1.92. The molecule has 2 N–H and O–H groups in total. The van der Waals surface area contributed by atoms with Gasteiger partial charge in [-0.15, -0.1) is 11.3 Å². The lowest BCUT2D eigenvalue weighted by Gasteiger charge is -2.06. The van der Waals surface area contributed by atoms with Crippen molar-refractivity contribution in [2.75, 3.05) is 0 Å². The zero-order chi connectivity index (χ0) is 15.9. The third-order valence-corrected chi connectivity index (χ3v) is 3.99. The Labute approximate surface area is 132 Å². The molecule has 6 heteroatoms. The molecule has 0 unspecified atom stereocenters. The second-order valence-electron chi connectivity index (χ2n) is 4.70. The third-order valence-electron chi connectivity index (χ3n) is 2.95. The molecule has 1 aromatic heterocycles. The van der Waals surface area contributed by atoms with Crippen LogP contribution in [-0.2, 0) is 4.79 Å². The highest BCUT2D eigenvalue weighted by atomic mass is 32.1. The van der Waals surface area contributed by atoms with Crippen LogP contribution in [0.5, 0.6) is 0 Å². The Morgan fingerprint density at radius 1 is 0.955 bits per heavy atom. The van der Waals surface area contributed by atoms with E-state index in [-0.39, 0.29) is 18.6 Å². The largest absolute Gasteiger partial charge is 0.293 e. The molecular formula is C16H16N2O3S. The molecule has 0 atom stereocenters. The summed E-state index contributed by atoms with van der Waals surface area (Å²) < 4.78 is 0. The number of aryl methyl sites for hydroxylation is 1. The minimum Gasteiger partial charge on any atom is -0.293 e. The molecule has 2 rings (SSSR count). The van der Waals surface area contributed by atoms with Gasteiger partial charge in [0.2, 0.25) is 5.91 Å². The normalized spacial score (nSPS) is 10.0. The number of Topliss-reactive ketones (excluding diaryl/α,β-unsaturated/α-hetero) is 1. The van der Waals surface area contributed by atoms with Crippen LogP contribution in [0.2, 0.25) is 0 Å². The SMILES string of the molecule is Cc1ccc(C(=O)CCC(=O)NNC(=O)c2ccccc2)s1. The van der Waals surface area contributed by atoms with Crippen LogP contribution in [0.1, 0.15) is 37.7 Å². The number of benzene rings is 1. The van der Waals surface area contributed by atoms with Crippen LogP contribution in [-0.4, -0.2) is 17.6 Å². The first-order chi connectivity index (χ1) is 10.6. The molecule has 1 aromatic carbocycles. The molecule has 0 aliphatic carbocycles. The second kappa shape index (κ2) is 7.51. The van der Waals surface area contributed by atoms with Crippen molar-refractivity contribution in [3.05, 3.63) is 57.8 Å². The summed E-state index contributed by atoms with van der Waals surface area (Å²) in [5.74, 6) is -0.859. The second-order valence-corrected chi connectivity index (χ2v) is 5.99. The first-order valence-electron chi connectivity index (χ1n) is 6.80. The molecule has 2 aromatic rings. The summed E-state index contributed by atoms with van der Waals surface area (Å²) in [6.07, 6.45) is 0.151. The van der Waals surface area contributed by atoms with E-state index >= 15 is 0 Å². The van der Waals surface area contributed by atoms with E-state index in [4.69, 9.17) is 0 Å². The number of nitrogens with one attached hydrogen (secondary N) is 2. The van der Waals surface area contributed by atoms with Gasteiger partial charge in [-0.2, -0.15) is 0 Å². The van der Waals surface area contributed by atoms with Crippen LogP contribution < -0.4 is 10.9 Å². The number of amides is 2. The van der Waals surface area contributed by atoms with Crippen molar-refractivity contribution in [1.29, 1.82) is 0 Å². The molecule has 22 heavy (non-hydrogen) atoms. The Morgan fingerprint density at radius 2 is 1.68 bits per heavy atom. The monoisotopic (exact) mass is 316 g/mol. The van der Waals surface area contributed by atoms with Gasteiger partial charge in [0.1, 0.15) is 0 Å². The van der Waals surface area contributed by atoms with Gasteiger partial charge in [-0.3, -0.25) is 25.2 Å². The Hall–Kier alpha value is -2.47. The average molecular weight is 316 g/mol. The lowest BCUT2D eigenvalue weighted by atomic mass is 10.2. The highest BCUT2D eigenvalue weighted by Gasteiger charge is 2.12. The van der Waals surface area contributed by atoms with E-state index in [1.54, 1.807) is 36.4 Å². The molecule has 2 amide bonds. The molecule has 0 bridgehead atoms. The summed E-state index contributed by atoms with van der Waals surface area (Å²) >= 11 is 1.41. The van der Waals surface area contributed by atoms with Crippen LogP contribution in [0.4, 0.5) is 0 Å². The van der Waals surface area contributed by atoms with Crippen LogP contribution in [0, 0.1) is 6.92 Å². The molecular weight excluding hydrogens is 300 g/mol. The maximum absolute atomic E-state index is 11.9. The van der Waals surface area contributed by atoms with E-state index in [0.29, 0.717) is 10.4 Å². The fraction of sp³-hybridized carbons (Fsp3) is 0.188. The first-order valence-corrected chi connectivity index (χ1v) is 7.62. The number of hydrogen-bond acceptors (Lipinski definition) is 4. The van der Waals surface area contributed by atoms with Crippen LogP contribution in [0.15, 0.2) is 42.5 Å². The molecule has 0 aliphatic rings. The topological polar surface area (TPSA) is 75.3 Å². The molecule has 0 fully saturated rings. The van der Waals surface area contributed by atoms with Crippen LogP contribution in [0.3, 0.4) is 0 Å². The van der Waals surface area contributed by atoms with Gasteiger partial charge in [0, 0.05) is 23.3 Å². The van der Waals surface area contributed by atoms with Crippen molar-refractivity contribution < 1.29 is 14.4 Å². The Morgan fingerprint density at radius 3 is 2.32 bits per heavy atom. The first kappa shape index (κ1) is 15.9. The van der Waals surface area contributed by atoms with Gasteiger partial charge in [-0.25, -0.2) is 0 Å². The van der Waals surface area contributed by atoms with Crippen molar-refractivity contribution in [3.63, 3.8) is 0 Å². The van der Waals surface area contributed by atoms with E-state index in [1.165, 1.54) is 11.3 Å². The van der Waals surface area contributed by atoms with Crippen molar-refractivity contribution in [1.82, 2.24) is 10.9 Å². The van der Waals surface area contributed by atoms with E-state index < -0.39 is 11.8 Å². The Bertz CT molecular complexity index is 680. The zero-order valence-corrected chi connectivity index (χ0v) is 12.9. The van der Waals surface area contributed by atoms with Gasteiger partial charge in [-0.05, 0) is 31.2 Å². The minimum atomic E-state index is -0.397. The molecule has 0 aliphatic heterocycles. The summed E-state index contributed by atoms with van der Waals surface area (Å²) in [5, 5.41) is 0. The Balaban J connectivity index is 1.74. The lowest BCUT2D eigenvalue weighted by Crippen LogP contribution is -2.41. The van der Waals surface area contributed by atoms with Gasteiger partial charge in [-0.1, -0.05) is 18.2 Å². The lowest BCUT2D eigenvalue weighted by molar-refractivity contribution is -0.121. The maximum Gasteiger partial charge on any atom is 0.269 e. The molecule has 1 heterocycles. The molecule has 0 radical (unpaired) electrons.